The van der Waals surface area contributed by atoms with Crippen molar-refractivity contribution in [3.05, 3.63) is 42.0 Å². The Bertz CT molecular complexity index is 560. The monoisotopic (exact) mass is 262 g/mol. The number of allylic oxidation sites excluding steroid dienone is 1. The molecule has 0 saturated heterocycles. The van der Waals surface area contributed by atoms with E-state index in [4.69, 9.17) is 0 Å². The molecule has 0 saturated carbocycles. The summed E-state index contributed by atoms with van der Waals surface area (Å²) >= 11 is 2.33. The molecule has 2 heterocycles. The standard InChI is InChI=1S/C12H9N3O.V/c1-2-5-11-14-10(8-16)12(15-11)9-6-3-4-7-13-9;/h1-8H,(H,14,15);/b5-2-;. The van der Waals surface area contributed by atoms with Crippen LogP contribution in [0.25, 0.3) is 17.5 Å². The Morgan fingerprint density at radius 3 is 2.88 bits per heavy atom. The molecule has 2 aromatic rings. The van der Waals surface area contributed by atoms with E-state index in [-0.39, 0.29) is 0 Å². The van der Waals surface area contributed by atoms with Crippen molar-refractivity contribution >= 4 is 17.1 Å². The molecular formula is C12H9N3OV. The van der Waals surface area contributed by atoms with Gasteiger partial charge >= 0.3 is 107 Å². The number of nitrogens with one attached hydrogen (secondary N) is 1. The number of imidazole rings is 1. The van der Waals surface area contributed by atoms with Crippen LogP contribution in [0, 0.1) is 0 Å². The van der Waals surface area contributed by atoms with Crippen molar-refractivity contribution in [1.29, 1.82) is 0 Å². The summed E-state index contributed by atoms with van der Waals surface area (Å²) in [6.07, 6.45) is 6.04. The molecule has 83 valence electrons. The van der Waals surface area contributed by atoms with Gasteiger partial charge in [0.05, 0.1) is 0 Å². The number of aromatic nitrogens is 3. The third-order valence-corrected chi connectivity index (χ3v) is 2.38. The third kappa shape index (κ3) is 2.67. The molecule has 0 fully saturated rings. The minimum atomic E-state index is 0.439. The van der Waals surface area contributed by atoms with Gasteiger partial charge in [0.15, 0.2) is 0 Å². The van der Waals surface area contributed by atoms with Gasteiger partial charge in [0.2, 0.25) is 0 Å². The first-order valence-electron chi connectivity index (χ1n) is 4.96. The number of aldehydes is 1. The predicted octanol–water partition coefficient (Wildman–Crippen LogP) is 1.65. The third-order valence-electron chi connectivity index (χ3n) is 2.12. The number of aromatic amines is 1. The molecule has 2 aromatic heterocycles. The van der Waals surface area contributed by atoms with Crippen LogP contribution >= 0.6 is 0 Å². The average Bonchev–Trinajstić information content (AvgIpc) is 2.80. The van der Waals surface area contributed by atoms with Crippen molar-refractivity contribution < 1.29 is 21.8 Å². The van der Waals surface area contributed by atoms with E-state index in [1.54, 1.807) is 12.3 Å². The summed E-state index contributed by atoms with van der Waals surface area (Å²) in [5.41, 5.74) is 1.70. The molecule has 0 aliphatic carbocycles. The predicted molar refractivity (Wildman–Crippen MR) is 62.3 cm³/mol. The van der Waals surface area contributed by atoms with Crippen LogP contribution < -0.4 is 0 Å². The fourth-order valence-corrected chi connectivity index (χ4v) is 1.54. The van der Waals surface area contributed by atoms with Crippen LogP contribution in [0.2, 0.25) is 0 Å². The normalized spacial score (nSPS) is 10.5. The van der Waals surface area contributed by atoms with Crippen molar-refractivity contribution in [2.75, 3.05) is 0 Å². The summed E-state index contributed by atoms with van der Waals surface area (Å²) in [7, 11) is 0. The molecule has 0 spiro atoms. The summed E-state index contributed by atoms with van der Waals surface area (Å²) < 4.78 is 1.83. The summed E-state index contributed by atoms with van der Waals surface area (Å²) in [4.78, 5) is 22.4. The Morgan fingerprint density at radius 1 is 1.35 bits per heavy atom. The molecule has 0 aromatic carbocycles. The average molecular weight is 262 g/mol. The van der Waals surface area contributed by atoms with Gasteiger partial charge in [-0.05, 0) is 0 Å². The van der Waals surface area contributed by atoms with Crippen LogP contribution in [0.4, 0.5) is 0 Å². The zero-order valence-corrected chi connectivity index (χ0v) is 10.3. The zero-order chi connectivity index (χ0) is 12.1. The summed E-state index contributed by atoms with van der Waals surface area (Å²) in [5.74, 6) is 0.634. The van der Waals surface area contributed by atoms with Crippen molar-refractivity contribution in [2.24, 2.45) is 0 Å². The first-order valence-corrected chi connectivity index (χ1v) is 5.76. The summed E-state index contributed by atoms with van der Waals surface area (Å²) in [6.45, 7) is 0. The van der Waals surface area contributed by atoms with Gasteiger partial charge in [-0.3, -0.25) is 0 Å². The molecule has 0 aliphatic heterocycles. The second-order valence-electron chi connectivity index (χ2n) is 3.23. The number of carbonyl (C=O) groups is 1. The molecule has 1 N–H and O–H groups in total. The fourth-order valence-electron chi connectivity index (χ4n) is 1.40. The minimum absolute atomic E-state index is 0.439. The molecule has 0 aliphatic rings. The fraction of sp³-hybridized carbons (Fsp3) is 0. The Kier molecular flexibility index (Phi) is 3.80. The topological polar surface area (TPSA) is 58.6 Å². The van der Waals surface area contributed by atoms with Crippen LogP contribution in [-0.4, -0.2) is 26.0 Å². The Hall–Kier alpha value is -1.78. The maximum atomic E-state index is 11.0. The van der Waals surface area contributed by atoms with E-state index >= 15 is 0 Å². The second kappa shape index (κ2) is 5.52. The number of hydrogen-bond donors (Lipinski definition) is 1. The number of rotatable bonds is 4. The van der Waals surface area contributed by atoms with Crippen LogP contribution in [-0.2, 0) is 17.0 Å². The van der Waals surface area contributed by atoms with E-state index in [2.05, 4.69) is 31.9 Å². The van der Waals surface area contributed by atoms with Crippen molar-refractivity contribution in [3.63, 3.8) is 0 Å². The summed E-state index contributed by atoms with van der Waals surface area (Å²) in [6, 6.07) is 5.50. The number of carbonyl (C=O) groups excluding carboxylic acids is 1. The van der Waals surface area contributed by atoms with Gasteiger partial charge in [0.25, 0.3) is 0 Å². The van der Waals surface area contributed by atoms with Crippen LogP contribution in [0.3, 0.4) is 0 Å². The molecule has 0 amide bonds. The molecular weight excluding hydrogens is 253 g/mol. The van der Waals surface area contributed by atoms with Crippen molar-refractivity contribution in [3.8, 4) is 11.4 Å². The molecule has 0 unspecified atom stereocenters. The van der Waals surface area contributed by atoms with E-state index in [0.29, 0.717) is 22.9 Å². The Labute approximate surface area is 107 Å². The van der Waals surface area contributed by atoms with Gasteiger partial charge in [0.1, 0.15) is 0 Å². The number of H-pyrrole nitrogens is 1. The number of pyridine rings is 1. The number of hydrogen-bond acceptors (Lipinski definition) is 3. The van der Waals surface area contributed by atoms with Gasteiger partial charge in [-0.25, -0.2) is 0 Å². The Balaban J connectivity index is 2.46. The first kappa shape index (κ1) is 11.7. The SMILES string of the molecule is O=Cc1[nH]c(/C=C\[CH]=[V])nc1-c1ccccn1. The molecule has 0 radical (unpaired) electrons. The van der Waals surface area contributed by atoms with Gasteiger partial charge < -0.3 is 0 Å². The van der Waals surface area contributed by atoms with E-state index in [1.807, 2.05) is 29.0 Å². The molecule has 17 heavy (non-hydrogen) atoms. The van der Waals surface area contributed by atoms with Crippen molar-refractivity contribution in [2.45, 2.75) is 0 Å². The summed E-state index contributed by atoms with van der Waals surface area (Å²) in [5, 5.41) is 0. The first-order chi connectivity index (χ1) is 8.35. The molecule has 4 nitrogen and oxygen atoms in total. The van der Waals surface area contributed by atoms with Gasteiger partial charge in [-0.2, -0.15) is 0 Å². The van der Waals surface area contributed by atoms with E-state index < -0.39 is 0 Å². The Morgan fingerprint density at radius 2 is 2.24 bits per heavy atom. The van der Waals surface area contributed by atoms with Crippen molar-refractivity contribution in [1.82, 2.24) is 15.0 Å². The van der Waals surface area contributed by atoms with E-state index in [1.165, 1.54) is 0 Å². The van der Waals surface area contributed by atoms with E-state index in [0.717, 1.165) is 6.29 Å². The molecule has 5 heteroatoms. The second-order valence-corrected chi connectivity index (χ2v) is 3.69. The quantitative estimate of drug-likeness (QED) is 0.852. The van der Waals surface area contributed by atoms with Gasteiger partial charge in [0, 0.05) is 0 Å². The van der Waals surface area contributed by atoms with Crippen LogP contribution in [0.5, 0.6) is 0 Å². The van der Waals surface area contributed by atoms with E-state index in [9.17, 15) is 4.79 Å². The van der Waals surface area contributed by atoms with Gasteiger partial charge in [-0.15, -0.1) is 0 Å². The van der Waals surface area contributed by atoms with Gasteiger partial charge in [-0.1, -0.05) is 0 Å². The zero-order valence-electron chi connectivity index (χ0n) is 8.87. The molecule has 2 rings (SSSR count). The number of nitrogens with zero attached hydrogens (tertiary/aromatic N) is 2. The van der Waals surface area contributed by atoms with Crippen LogP contribution in [0.15, 0.2) is 30.5 Å². The molecule has 0 atom stereocenters. The maximum absolute atomic E-state index is 11.0. The van der Waals surface area contributed by atoms with Crippen LogP contribution in [0.1, 0.15) is 16.3 Å². The molecule has 0 bridgehead atoms.